The third-order valence-electron chi connectivity index (χ3n) is 3.39. The lowest BCUT2D eigenvalue weighted by Gasteiger charge is -2.05. The second kappa shape index (κ2) is 6.50. The zero-order valence-corrected chi connectivity index (χ0v) is 11.5. The van der Waals surface area contributed by atoms with Crippen LogP contribution >= 0.6 is 0 Å². The van der Waals surface area contributed by atoms with Crippen LogP contribution < -0.4 is 10.6 Å². The standard InChI is InChI=1S/C15H19FN2O2/c1-2-7-17-14(19)12-8-13(12)15(20)18-9-10-3-5-11(16)6-4-10/h3-6,12-13H,2,7-9H2,1H3,(H,17,19)(H,18,20). The molecular weight excluding hydrogens is 259 g/mol. The Bertz CT molecular complexity index is 487. The van der Waals surface area contributed by atoms with Crippen molar-refractivity contribution in [2.24, 2.45) is 11.8 Å². The van der Waals surface area contributed by atoms with Crippen molar-refractivity contribution in [2.75, 3.05) is 6.54 Å². The molecule has 5 heteroatoms. The monoisotopic (exact) mass is 278 g/mol. The molecule has 0 saturated heterocycles. The Morgan fingerprint density at radius 3 is 2.35 bits per heavy atom. The topological polar surface area (TPSA) is 58.2 Å². The number of rotatable bonds is 6. The van der Waals surface area contributed by atoms with E-state index in [1.165, 1.54) is 12.1 Å². The van der Waals surface area contributed by atoms with Crippen LogP contribution in [0.4, 0.5) is 4.39 Å². The maximum Gasteiger partial charge on any atom is 0.224 e. The molecule has 108 valence electrons. The van der Waals surface area contributed by atoms with Gasteiger partial charge in [-0.05, 0) is 30.5 Å². The Hall–Kier alpha value is -1.91. The van der Waals surface area contributed by atoms with Gasteiger partial charge in [-0.2, -0.15) is 0 Å². The van der Waals surface area contributed by atoms with Gasteiger partial charge in [-0.25, -0.2) is 4.39 Å². The highest BCUT2D eigenvalue weighted by atomic mass is 19.1. The van der Waals surface area contributed by atoms with Gasteiger partial charge in [0.25, 0.3) is 0 Å². The Labute approximate surface area is 117 Å². The number of benzene rings is 1. The summed E-state index contributed by atoms with van der Waals surface area (Å²) in [5.41, 5.74) is 0.840. The summed E-state index contributed by atoms with van der Waals surface area (Å²) >= 11 is 0. The molecule has 20 heavy (non-hydrogen) atoms. The van der Waals surface area contributed by atoms with E-state index < -0.39 is 0 Å². The molecule has 2 rings (SSSR count). The fourth-order valence-corrected chi connectivity index (χ4v) is 2.08. The maximum atomic E-state index is 12.7. The van der Waals surface area contributed by atoms with Crippen molar-refractivity contribution in [3.8, 4) is 0 Å². The van der Waals surface area contributed by atoms with Crippen molar-refractivity contribution in [1.29, 1.82) is 0 Å². The number of halogens is 1. The third kappa shape index (κ3) is 3.79. The fraction of sp³-hybridized carbons (Fsp3) is 0.467. The summed E-state index contributed by atoms with van der Waals surface area (Å²) in [7, 11) is 0. The van der Waals surface area contributed by atoms with E-state index in [0.717, 1.165) is 12.0 Å². The number of amides is 2. The predicted octanol–water partition coefficient (Wildman–Crippen LogP) is 1.60. The predicted molar refractivity (Wildman–Crippen MR) is 73.1 cm³/mol. The molecule has 1 saturated carbocycles. The third-order valence-corrected chi connectivity index (χ3v) is 3.39. The summed E-state index contributed by atoms with van der Waals surface area (Å²) in [6.45, 7) is 3.00. The molecule has 2 atom stereocenters. The number of nitrogens with one attached hydrogen (secondary N) is 2. The van der Waals surface area contributed by atoms with E-state index in [4.69, 9.17) is 0 Å². The Morgan fingerprint density at radius 1 is 1.15 bits per heavy atom. The van der Waals surface area contributed by atoms with E-state index >= 15 is 0 Å². The van der Waals surface area contributed by atoms with Gasteiger partial charge in [0, 0.05) is 13.1 Å². The van der Waals surface area contributed by atoms with Crippen LogP contribution in [0.25, 0.3) is 0 Å². The molecule has 0 heterocycles. The fourth-order valence-electron chi connectivity index (χ4n) is 2.08. The van der Waals surface area contributed by atoms with E-state index in [-0.39, 0.29) is 29.5 Å². The quantitative estimate of drug-likeness (QED) is 0.830. The molecule has 2 N–H and O–H groups in total. The smallest absolute Gasteiger partial charge is 0.224 e. The molecule has 0 aliphatic heterocycles. The zero-order chi connectivity index (χ0) is 14.5. The van der Waals surface area contributed by atoms with Crippen molar-refractivity contribution in [3.05, 3.63) is 35.6 Å². The van der Waals surface area contributed by atoms with Crippen LogP contribution in [0, 0.1) is 17.7 Å². The molecule has 1 aromatic rings. The van der Waals surface area contributed by atoms with Crippen LogP contribution in [0.1, 0.15) is 25.3 Å². The van der Waals surface area contributed by atoms with Crippen LogP contribution in [0.5, 0.6) is 0 Å². The molecular formula is C15H19FN2O2. The lowest BCUT2D eigenvalue weighted by molar-refractivity contribution is -0.127. The number of hydrogen-bond donors (Lipinski definition) is 2. The second-order valence-electron chi connectivity index (χ2n) is 5.08. The van der Waals surface area contributed by atoms with Gasteiger partial charge in [-0.3, -0.25) is 9.59 Å². The van der Waals surface area contributed by atoms with Gasteiger partial charge in [-0.15, -0.1) is 0 Å². The van der Waals surface area contributed by atoms with Gasteiger partial charge < -0.3 is 10.6 Å². The summed E-state index contributed by atoms with van der Waals surface area (Å²) in [4.78, 5) is 23.5. The zero-order valence-electron chi connectivity index (χ0n) is 11.5. The van der Waals surface area contributed by atoms with E-state index in [9.17, 15) is 14.0 Å². The highest BCUT2D eigenvalue weighted by Gasteiger charge is 2.47. The Balaban J connectivity index is 1.74. The van der Waals surface area contributed by atoms with Gasteiger partial charge >= 0.3 is 0 Å². The summed E-state index contributed by atoms with van der Waals surface area (Å²) in [5, 5.41) is 5.58. The first-order valence-electron chi connectivity index (χ1n) is 6.91. The number of carbonyl (C=O) groups excluding carboxylic acids is 2. The highest BCUT2D eigenvalue weighted by molar-refractivity contribution is 5.92. The van der Waals surface area contributed by atoms with Crippen LogP contribution in [-0.2, 0) is 16.1 Å². The molecule has 0 aromatic heterocycles. The SMILES string of the molecule is CCCNC(=O)C1CC1C(=O)NCc1ccc(F)cc1. The number of hydrogen-bond acceptors (Lipinski definition) is 2. The highest BCUT2D eigenvalue weighted by Crippen LogP contribution is 2.38. The first kappa shape index (κ1) is 14.5. The van der Waals surface area contributed by atoms with Gasteiger partial charge in [-0.1, -0.05) is 19.1 Å². The minimum Gasteiger partial charge on any atom is -0.356 e. The van der Waals surface area contributed by atoms with E-state index in [1.807, 2.05) is 6.92 Å². The molecule has 0 radical (unpaired) electrons. The van der Waals surface area contributed by atoms with E-state index in [1.54, 1.807) is 12.1 Å². The minimum atomic E-state index is -0.296. The molecule has 4 nitrogen and oxygen atoms in total. The van der Waals surface area contributed by atoms with Crippen molar-refractivity contribution in [2.45, 2.75) is 26.3 Å². The molecule has 1 fully saturated rings. The first-order chi connectivity index (χ1) is 9.61. The van der Waals surface area contributed by atoms with Gasteiger partial charge in [0.2, 0.25) is 11.8 Å². The molecule has 1 aliphatic rings. The minimum absolute atomic E-state index is 0.0335. The molecule has 2 unspecified atom stereocenters. The molecule has 0 spiro atoms. The normalized spacial score (nSPS) is 20.3. The van der Waals surface area contributed by atoms with Crippen LogP contribution in [0.2, 0.25) is 0 Å². The van der Waals surface area contributed by atoms with E-state index in [0.29, 0.717) is 19.5 Å². The molecule has 2 amide bonds. The maximum absolute atomic E-state index is 12.7. The Kier molecular flexibility index (Phi) is 4.71. The first-order valence-corrected chi connectivity index (χ1v) is 6.91. The van der Waals surface area contributed by atoms with Crippen LogP contribution in [-0.4, -0.2) is 18.4 Å². The second-order valence-corrected chi connectivity index (χ2v) is 5.08. The van der Waals surface area contributed by atoms with Crippen molar-refractivity contribution in [1.82, 2.24) is 10.6 Å². The summed E-state index contributed by atoms with van der Waals surface area (Å²) in [6.07, 6.45) is 1.50. The largest absolute Gasteiger partial charge is 0.356 e. The summed E-state index contributed by atoms with van der Waals surface area (Å²) in [5.74, 6) is -0.836. The van der Waals surface area contributed by atoms with Crippen molar-refractivity contribution < 1.29 is 14.0 Å². The van der Waals surface area contributed by atoms with E-state index in [2.05, 4.69) is 10.6 Å². The van der Waals surface area contributed by atoms with Gasteiger partial charge in [0.1, 0.15) is 5.82 Å². The lowest BCUT2D eigenvalue weighted by atomic mass is 10.2. The van der Waals surface area contributed by atoms with Crippen LogP contribution in [0.3, 0.4) is 0 Å². The average Bonchev–Trinajstić information content (AvgIpc) is 3.24. The number of carbonyl (C=O) groups is 2. The van der Waals surface area contributed by atoms with Crippen molar-refractivity contribution in [3.63, 3.8) is 0 Å². The lowest BCUT2D eigenvalue weighted by Crippen LogP contribution is -2.30. The molecule has 1 aliphatic carbocycles. The summed E-state index contributed by atoms with van der Waals surface area (Å²) in [6, 6.07) is 5.99. The van der Waals surface area contributed by atoms with Crippen molar-refractivity contribution >= 4 is 11.8 Å². The summed E-state index contributed by atoms with van der Waals surface area (Å²) < 4.78 is 12.7. The molecule has 1 aromatic carbocycles. The molecule has 0 bridgehead atoms. The van der Waals surface area contributed by atoms with Crippen LogP contribution in [0.15, 0.2) is 24.3 Å². The Morgan fingerprint density at radius 2 is 1.75 bits per heavy atom. The average molecular weight is 278 g/mol. The van der Waals surface area contributed by atoms with Gasteiger partial charge in [0.05, 0.1) is 11.8 Å². The van der Waals surface area contributed by atoms with Gasteiger partial charge in [0.15, 0.2) is 0 Å².